The van der Waals surface area contributed by atoms with Crippen LogP contribution in [0.4, 0.5) is 0 Å². The van der Waals surface area contributed by atoms with Crippen molar-refractivity contribution in [3.05, 3.63) is 34.5 Å². The summed E-state index contributed by atoms with van der Waals surface area (Å²) in [5.41, 5.74) is 1.47. The van der Waals surface area contributed by atoms with E-state index in [4.69, 9.17) is 16.0 Å². The fourth-order valence-corrected chi connectivity index (χ4v) is 2.82. The highest BCUT2D eigenvalue weighted by atomic mass is 35.5. The van der Waals surface area contributed by atoms with Gasteiger partial charge in [-0.2, -0.15) is 0 Å². The van der Waals surface area contributed by atoms with E-state index in [0.29, 0.717) is 22.9 Å². The molecule has 1 saturated heterocycles. The van der Waals surface area contributed by atoms with Crippen molar-refractivity contribution in [3.8, 4) is 0 Å². The van der Waals surface area contributed by atoms with E-state index in [1.54, 1.807) is 6.07 Å². The lowest BCUT2D eigenvalue weighted by Crippen LogP contribution is -2.34. The summed E-state index contributed by atoms with van der Waals surface area (Å²) in [5.74, 6) is 0.369. The molecule has 0 unspecified atom stereocenters. The quantitative estimate of drug-likeness (QED) is 0.879. The number of furan rings is 1. The molecule has 1 fully saturated rings. The van der Waals surface area contributed by atoms with Gasteiger partial charge in [0.05, 0.1) is 5.02 Å². The number of aryl methyl sites for hydroxylation is 1. The van der Waals surface area contributed by atoms with Crippen molar-refractivity contribution in [2.45, 2.75) is 13.3 Å². The smallest absolute Gasteiger partial charge is 0.289 e. The molecule has 20 heavy (non-hydrogen) atoms. The minimum Gasteiger partial charge on any atom is -0.449 e. The number of halogens is 1. The predicted molar refractivity (Wildman–Crippen MR) is 79.4 cm³/mol. The van der Waals surface area contributed by atoms with Crippen LogP contribution in [0.1, 0.15) is 22.5 Å². The fraction of sp³-hybridized carbons (Fsp3) is 0.400. The average Bonchev–Trinajstić information content (AvgIpc) is 2.66. The minimum absolute atomic E-state index is 0.0431. The molecule has 1 amide bonds. The molecule has 0 radical (unpaired) electrons. The number of hydrogen-bond acceptors (Lipinski definition) is 3. The van der Waals surface area contributed by atoms with Crippen molar-refractivity contribution in [3.63, 3.8) is 0 Å². The van der Waals surface area contributed by atoms with Gasteiger partial charge in [0.15, 0.2) is 11.3 Å². The molecule has 0 spiro atoms. The van der Waals surface area contributed by atoms with E-state index in [1.165, 1.54) is 0 Å². The Balaban J connectivity index is 1.99. The zero-order valence-electron chi connectivity index (χ0n) is 11.4. The molecule has 1 N–H and O–H groups in total. The Morgan fingerprint density at radius 3 is 3.00 bits per heavy atom. The SMILES string of the molecule is Cc1c(C(=O)N2CCCNCC2)oc2c(Cl)cccc12. The second-order valence-electron chi connectivity index (χ2n) is 5.07. The van der Waals surface area contributed by atoms with Gasteiger partial charge in [0.25, 0.3) is 5.91 Å². The Bertz CT molecular complexity index is 643. The highest BCUT2D eigenvalue weighted by Gasteiger charge is 2.24. The van der Waals surface area contributed by atoms with Crippen molar-refractivity contribution >= 4 is 28.5 Å². The van der Waals surface area contributed by atoms with E-state index >= 15 is 0 Å². The van der Waals surface area contributed by atoms with Gasteiger partial charge in [0.2, 0.25) is 0 Å². The van der Waals surface area contributed by atoms with E-state index < -0.39 is 0 Å². The lowest BCUT2D eigenvalue weighted by atomic mass is 10.1. The summed E-state index contributed by atoms with van der Waals surface area (Å²) < 4.78 is 5.74. The predicted octanol–water partition coefficient (Wildman–Crippen LogP) is 2.83. The molecule has 2 heterocycles. The highest BCUT2D eigenvalue weighted by molar-refractivity contribution is 6.35. The number of nitrogens with one attached hydrogen (secondary N) is 1. The number of para-hydroxylation sites is 1. The first-order valence-electron chi connectivity index (χ1n) is 6.86. The zero-order chi connectivity index (χ0) is 14.1. The number of amides is 1. The first kappa shape index (κ1) is 13.5. The van der Waals surface area contributed by atoms with Crippen molar-refractivity contribution < 1.29 is 9.21 Å². The molecule has 2 aromatic rings. The van der Waals surface area contributed by atoms with Gasteiger partial charge in [0.1, 0.15) is 0 Å². The molecule has 1 aromatic heterocycles. The maximum atomic E-state index is 12.6. The summed E-state index contributed by atoms with van der Waals surface area (Å²) in [5, 5.41) is 4.74. The van der Waals surface area contributed by atoms with Crippen LogP contribution in [0.2, 0.25) is 5.02 Å². The molecular weight excluding hydrogens is 276 g/mol. The summed E-state index contributed by atoms with van der Waals surface area (Å²) in [7, 11) is 0. The maximum absolute atomic E-state index is 12.6. The molecule has 0 atom stereocenters. The number of hydrogen-bond donors (Lipinski definition) is 1. The van der Waals surface area contributed by atoms with Gasteiger partial charge in [0, 0.05) is 30.6 Å². The van der Waals surface area contributed by atoms with E-state index in [0.717, 1.165) is 37.0 Å². The van der Waals surface area contributed by atoms with Crippen LogP contribution in [0.15, 0.2) is 22.6 Å². The third-order valence-electron chi connectivity index (χ3n) is 3.74. The van der Waals surface area contributed by atoms with Crippen LogP contribution in [-0.2, 0) is 0 Å². The third kappa shape index (κ3) is 2.30. The van der Waals surface area contributed by atoms with Crippen molar-refractivity contribution in [1.82, 2.24) is 10.2 Å². The molecule has 4 nitrogen and oxygen atoms in total. The normalized spacial score (nSPS) is 16.4. The lowest BCUT2D eigenvalue weighted by Gasteiger charge is -2.18. The standard InChI is InChI=1S/C15H17ClN2O2/c1-10-11-4-2-5-12(16)14(11)20-13(10)15(19)18-8-3-6-17-7-9-18/h2,4-5,17H,3,6-9H2,1H3. The number of benzene rings is 1. The molecule has 3 rings (SSSR count). The van der Waals surface area contributed by atoms with Crippen LogP contribution in [-0.4, -0.2) is 37.0 Å². The van der Waals surface area contributed by atoms with E-state index in [9.17, 15) is 4.79 Å². The summed E-state index contributed by atoms with van der Waals surface area (Å²) in [6.45, 7) is 5.16. The molecule has 5 heteroatoms. The van der Waals surface area contributed by atoms with Gasteiger partial charge in [-0.05, 0) is 26.0 Å². The molecule has 1 aliphatic rings. The Hall–Kier alpha value is -1.52. The van der Waals surface area contributed by atoms with Gasteiger partial charge in [-0.25, -0.2) is 0 Å². The lowest BCUT2D eigenvalue weighted by molar-refractivity contribution is 0.0736. The fourth-order valence-electron chi connectivity index (χ4n) is 2.61. The van der Waals surface area contributed by atoms with Crippen LogP contribution >= 0.6 is 11.6 Å². The number of fused-ring (bicyclic) bond motifs is 1. The zero-order valence-corrected chi connectivity index (χ0v) is 12.2. The maximum Gasteiger partial charge on any atom is 0.289 e. The highest BCUT2D eigenvalue weighted by Crippen LogP contribution is 2.31. The second-order valence-corrected chi connectivity index (χ2v) is 5.48. The second kappa shape index (κ2) is 5.46. The van der Waals surface area contributed by atoms with Crippen molar-refractivity contribution in [2.24, 2.45) is 0 Å². The van der Waals surface area contributed by atoms with E-state index in [2.05, 4.69) is 5.32 Å². The Kier molecular flexibility index (Phi) is 3.68. The first-order valence-corrected chi connectivity index (χ1v) is 7.24. The van der Waals surface area contributed by atoms with Gasteiger partial charge in [-0.15, -0.1) is 0 Å². The average molecular weight is 293 g/mol. The summed E-state index contributed by atoms with van der Waals surface area (Å²) >= 11 is 6.13. The van der Waals surface area contributed by atoms with Crippen LogP contribution in [0.3, 0.4) is 0 Å². The topological polar surface area (TPSA) is 45.5 Å². The van der Waals surface area contributed by atoms with Gasteiger partial charge < -0.3 is 14.6 Å². The van der Waals surface area contributed by atoms with Gasteiger partial charge >= 0.3 is 0 Å². The number of carbonyl (C=O) groups excluding carboxylic acids is 1. The number of rotatable bonds is 1. The van der Waals surface area contributed by atoms with E-state index in [1.807, 2.05) is 24.0 Å². The summed E-state index contributed by atoms with van der Waals surface area (Å²) in [6, 6.07) is 5.58. The third-order valence-corrected chi connectivity index (χ3v) is 4.03. The van der Waals surface area contributed by atoms with Crippen LogP contribution in [0.5, 0.6) is 0 Å². The van der Waals surface area contributed by atoms with Crippen LogP contribution < -0.4 is 5.32 Å². The summed E-state index contributed by atoms with van der Waals surface area (Å²) in [6.07, 6.45) is 0.964. The molecule has 1 aromatic carbocycles. The largest absolute Gasteiger partial charge is 0.449 e. The molecule has 0 bridgehead atoms. The molecule has 0 saturated carbocycles. The number of nitrogens with zero attached hydrogens (tertiary/aromatic N) is 1. The summed E-state index contributed by atoms with van der Waals surface area (Å²) in [4.78, 5) is 14.5. The van der Waals surface area contributed by atoms with Gasteiger partial charge in [-0.1, -0.05) is 23.7 Å². The van der Waals surface area contributed by atoms with Crippen LogP contribution in [0, 0.1) is 6.92 Å². The van der Waals surface area contributed by atoms with Crippen LogP contribution in [0.25, 0.3) is 11.0 Å². The Morgan fingerprint density at radius 1 is 1.35 bits per heavy atom. The molecular formula is C15H17ClN2O2. The first-order chi connectivity index (χ1) is 9.68. The van der Waals surface area contributed by atoms with Crippen molar-refractivity contribution in [2.75, 3.05) is 26.2 Å². The van der Waals surface area contributed by atoms with Gasteiger partial charge in [-0.3, -0.25) is 4.79 Å². The monoisotopic (exact) mass is 292 g/mol. The molecule has 1 aliphatic heterocycles. The Labute approximate surface area is 122 Å². The Morgan fingerprint density at radius 2 is 2.20 bits per heavy atom. The minimum atomic E-state index is -0.0431. The molecule has 0 aliphatic carbocycles. The van der Waals surface area contributed by atoms with E-state index in [-0.39, 0.29) is 5.91 Å². The molecule has 106 valence electrons. The number of carbonyl (C=O) groups is 1. The van der Waals surface area contributed by atoms with Crippen molar-refractivity contribution in [1.29, 1.82) is 0 Å².